The van der Waals surface area contributed by atoms with Crippen LogP contribution in [0.15, 0.2) is 48.5 Å². The van der Waals surface area contributed by atoms with E-state index >= 15 is 0 Å². The van der Waals surface area contributed by atoms with Gasteiger partial charge in [-0.1, -0.05) is 19.1 Å². The van der Waals surface area contributed by atoms with E-state index in [4.69, 9.17) is 14.2 Å². The van der Waals surface area contributed by atoms with Crippen molar-refractivity contribution >= 4 is 5.91 Å². The van der Waals surface area contributed by atoms with Crippen LogP contribution in [-0.4, -0.2) is 32.3 Å². The summed E-state index contributed by atoms with van der Waals surface area (Å²) >= 11 is 0. The predicted molar refractivity (Wildman–Crippen MR) is 92.6 cm³/mol. The topological polar surface area (TPSA) is 56.8 Å². The molecule has 0 saturated heterocycles. The SMILES string of the molecule is CCC(Oc1ccc(F)cc1)C(=O)NCCOc1ccccc1OC. The Kier molecular flexibility index (Phi) is 7.07. The Morgan fingerprint density at radius 2 is 1.80 bits per heavy atom. The van der Waals surface area contributed by atoms with Gasteiger partial charge in [-0.2, -0.15) is 0 Å². The second kappa shape index (κ2) is 9.52. The zero-order valence-corrected chi connectivity index (χ0v) is 14.3. The van der Waals surface area contributed by atoms with E-state index < -0.39 is 6.10 Å². The minimum atomic E-state index is -0.642. The van der Waals surface area contributed by atoms with E-state index in [1.807, 2.05) is 19.1 Å². The number of methoxy groups -OCH3 is 1. The third kappa shape index (κ3) is 5.67. The fraction of sp³-hybridized carbons (Fsp3) is 0.316. The van der Waals surface area contributed by atoms with E-state index in [0.29, 0.717) is 36.8 Å². The Morgan fingerprint density at radius 1 is 1.12 bits per heavy atom. The standard InChI is InChI=1S/C19H22FNO4/c1-3-16(25-15-10-8-14(20)9-11-15)19(22)21-12-13-24-18-7-5-4-6-17(18)23-2/h4-11,16H,3,12-13H2,1-2H3,(H,21,22). The van der Waals surface area contributed by atoms with E-state index in [1.165, 1.54) is 24.3 Å². The van der Waals surface area contributed by atoms with Crippen LogP contribution < -0.4 is 19.5 Å². The minimum absolute atomic E-state index is 0.240. The van der Waals surface area contributed by atoms with E-state index in [1.54, 1.807) is 19.2 Å². The molecule has 0 spiro atoms. The maximum Gasteiger partial charge on any atom is 0.261 e. The number of para-hydroxylation sites is 2. The number of carbonyl (C=O) groups excluding carboxylic acids is 1. The summed E-state index contributed by atoms with van der Waals surface area (Å²) in [6.45, 7) is 2.48. The molecule has 134 valence electrons. The van der Waals surface area contributed by atoms with Gasteiger partial charge in [0.15, 0.2) is 17.6 Å². The normalized spacial score (nSPS) is 11.5. The van der Waals surface area contributed by atoms with Gasteiger partial charge in [0, 0.05) is 0 Å². The number of rotatable bonds is 9. The van der Waals surface area contributed by atoms with Crippen molar-refractivity contribution in [3.05, 3.63) is 54.3 Å². The van der Waals surface area contributed by atoms with E-state index in [0.717, 1.165) is 0 Å². The average molecular weight is 347 g/mol. The molecular formula is C19H22FNO4. The van der Waals surface area contributed by atoms with Crippen LogP contribution in [0, 0.1) is 5.82 Å². The first kappa shape index (κ1) is 18.6. The average Bonchev–Trinajstić information content (AvgIpc) is 2.64. The number of carbonyl (C=O) groups is 1. The molecule has 1 unspecified atom stereocenters. The maximum atomic E-state index is 12.9. The third-order valence-electron chi connectivity index (χ3n) is 3.48. The molecule has 1 N–H and O–H groups in total. The van der Waals surface area contributed by atoms with Gasteiger partial charge in [-0.15, -0.1) is 0 Å². The van der Waals surface area contributed by atoms with Crippen LogP contribution >= 0.6 is 0 Å². The number of hydrogen-bond acceptors (Lipinski definition) is 4. The summed E-state index contributed by atoms with van der Waals surface area (Å²) in [7, 11) is 1.57. The van der Waals surface area contributed by atoms with Crippen molar-refractivity contribution in [3.8, 4) is 17.2 Å². The minimum Gasteiger partial charge on any atom is -0.493 e. The molecule has 0 aliphatic rings. The summed E-state index contributed by atoms with van der Waals surface area (Å²) in [5.41, 5.74) is 0. The molecule has 0 aliphatic heterocycles. The molecule has 0 fully saturated rings. The molecule has 0 bridgehead atoms. The second-order valence-electron chi connectivity index (χ2n) is 5.26. The Morgan fingerprint density at radius 3 is 2.44 bits per heavy atom. The molecule has 0 radical (unpaired) electrons. The monoisotopic (exact) mass is 347 g/mol. The Labute approximate surface area is 146 Å². The first-order chi connectivity index (χ1) is 12.1. The van der Waals surface area contributed by atoms with Crippen molar-refractivity contribution in [2.45, 2.75) is 19.4 Å². The zero-order chi connectivity index (χ0) is 18.1. The van der Waals surface area contributed by atoms with Crippen LogP contribution in [-0.2, 0) is 4.79 Å². The van der Waals surface area contributed by atoms with Crippen LogP contribution in [0.1, 0.15) is 13.3 Å². The van der Waals surface area contributed by atoms with E-state index in [9.17, 15) is 9.18 Å². The summed E-state index contributed by atoms with van der Waals surface area (Å²) in [4.78, 5) is 12.2. The van der Waals surface area contributed by atoms with Gasteiger partial charge in [0.05, 0.1) is 13.7 Å². The molecule has 0 saturated carbocycles. The molecule has 6 heteroatoms. The molecule has 1 amide bonds. The van der Waals surface area contributed by atoms with Crippen LogP contribution in [0.3, 0.4) is 0 Å². The van der Waals surface area contributed by atoms with Gasteiger partial charge < -0.3 is 19.5 Å². The highest BCUT2D eigenvalue weighted by atomic mass is 19.1. The molecule has 2 rings (SSSR count). The largest absolute Gasteiger partial charge is 0.493 e. The lowest BCUT2D eigenvalue weighted by Crippen LogP contribution is -2.39. The highest BCUT2D eigenvalue weighted by molar-refractivity contribution is 5.81. The fourth-order valence-corrected chi connectivity index (χ4v) is 2.19. The van der Waals surface area contributed by atoms with Crippen LogP contribution in [0.2, 0.25) is 0 Å². The lowest BCUT2D eigenvalue weighted by molar-refractivity contribution is -0.128. The quantitative estimate of drug-likeness (QED) is 0.708. The Bertz CT molecular complexity index is 675. The van der Waals surface area contributed by atoms with Gasteiger partial charge in [0.25, 0.3) is 5.91 Å². The summed E-state index contributed by atoms with van der Waals surface area (Å²) in [6, 6.07) is 12.9. The number of amides is 1. The lowest BCUT2D eigenvalue weighted by Gasteiger charge is -2.17. The smallest absolute Gasteiger partial charge is 0.261 e. The van der Waals surface area contributed by atoms with Gasteiger partial charge in [-0.3, -0.25) is 4.79 Å². The molecule has 0 heterocycles. The number of ether oxygens (including phenoxy) is 3. The highest BCUT2D eigenvalue weighted by Crippen LogP contribution is 2.25. The maximum absolute atomic E-state index is 12.9. The van der Waals surface area contributed by atoms with Crippen LogP contribution in [0.4, 0.5) is 4.39 Å². The van der Waals surface area contributed by atoms with Crippen molar-refractivity contribution in [1.82, 2.24) is 5.32 Å². The van der Waals surface area contributed by atoms with Crippen molar-refractivity contribution < 1.29 is 23.4 Å². The molecule has 2 aromatic carbocycles. The molecule has 5 nitrogen and oxygen atoms in total. The number of halogens is 1. The predicted octanol–water partition coefficient (Wildman–Crippen LogP) is 3.19. The van der Waals surface area contributed by atoms with E-state index in [-0.39, 0.29) is 11.7 Å². The first-order valence-corrected chi connectivity index (χ1v) is 8.09. The summed E-state index contributed by atoms with van der Waals surface area (Å²) in [5, 5.41) is 2.77. The Hall–Kier alpha value is -2.76. The van der Waals surface area contributed by atoms with E-state index in [2.05, 4.69) is 5.32 Å². The first-order valence-electron chi connectivity index (χ1n) is 8.09. The lowest BCUT2D eigenvalue weighted by atomic mass is 10.2. The van der Waals surface area contributed by atoms with Gasteiger partial charge >= 0.3 is 0 Å². The fourth-order valence-electron chi connectivity index (χ4n) is 2.19. The molecule has 0 aliphatic carbocycles. The van der Waals surface area contributed by atoms with Gasteiger partial charge in [0.2, 0.25) is 0 Å². The van der Waals surface area contributed by atoms with Crippen molar-refractivity contribution in [2.24, 2.45) is 0 Å². The zero-order valence-electron chi connectivity index (χ0n) is 14.3. The number of hydrogen-bond donors (Lipinski definition) is 1. The van der Waals surface area contributed by atoms with Crippen molar-refractivity contribution in [3.63, 3.8) is 0 Å². The number of nitrogens with one attached hydrogen (secondary N) is 1. The van der Waals surface area contributed by atoms with Gasteiger partial charge in [0.1, 0.15) is 18.2 Å². The summed E-state index contributed by atoms with van der Waals surface area (Å²) < 4.78 is 29.3. The molecule has 2 aromatic rings. The van der Waals surface area contributed by atoms with Crippen LogP contribution in [0.5, 0.6) is 17.2 Å². The highest BCUT2D eigenvalue weighted by Gasteiger charge is 2.18. The van der Waals surface area contributed by atoms with Crippen LogP contribution in [0.25, 0.3) is 0 Å². The molecular weight excluding hydrogens is 325 g/mol. The van der Waals surface area contributed by atoms with Gasteiger partial charge in [-0.05, 0) is 42.8 Å². The molecule has 0 aromatic heterocycles. The summed E-state index contributed by atoms with van der Waals surface area (Å²) in [6.07, 6.45) is -0.145. The molecule has 1 atom stereocenters. The summed E-state index contributed by atoms with van der Waals surface area (Å²) in [5.74, 6) is 1.12. The second-order valence-corrected chi connectivity index (χ2v) is 5.26. The number of benzene rings is 2. The Balaban J connectivity index is 1.78. The van der Waals surface area contributed by atoms with Gasteiger partial charge in [-0.25, -0.2) is 4.39 Å². The third-order valence-corrected chi connectivity index (χ3v) is 3.48. The van der Waals surface area contributed by atoms with Crippen molar-refractivity contribution in [2.75, 3.05) is 20.3 Å². The van der Waals surface area contributed by atoms with Crippen molar-refractivity contribution in [1.29, 1.82) is 0 Å². The molecule has 25 heavy (non-hydrogen) atoms.